The van der Waals surface area contributed by atoms with E-state index in [4.69, 9.17) is 0 Å². The summed E-state index contributed by atoms with van der Waals surface area (Å²) in [7, 11) is 0. The molecule has 0 N–H and O–H groups in total. The van der Waals surface area contributed by atoms with E-state index in [1.54, 1.807) is 12.1 Å². The normalized spacial score (nSPS) is 11.9. The first-order valence-corrected chi connectivity index (χ1v) is 8.03. The fraction of sp³-hybridized carbons (Fsp3) is 0.400. The Morgan fingerprint density at radius 1 is 0.955 bits per heavy atom. The molecule has 0 aliphatic rings. The number of benzene rings is 2. The summed E-state index contributed by atoms with van der Waals surface area (Å²) in [6.07, 6.45) is 1.05. The Morgan fingerprint density at radius 2 is 1.59 bits per heavy atom. The van der Waals surface area contributed by atoms with Crippen LogP contribution in [0, 0.1) is 5.82 Å². The zero-order valence-corrected chi connectivity index (χ0v) is 13.8. The van der Waals surface area contributed by atoms with Gasteiger partial charge in [0, 0.05) is 6.54 Å². The van der Waals surface area contributed by atoms with Crippen molar-refractivity contribution in [1.82, 2.24) is 4.90 Å². The molecule has 0 fully saturated rings. The first kappa shape index (κ1) is 16.7. The maximum Gasteiger partial charge on any atom is 0.123 e. The highest BCUT2D eigenvalue weighted by Gasteiger charge is 2.21. The molecule has 1 nitrogen and oxygen atoms in total. The van der Waals surface area contributed by atoms with E-state index in [9.17, 15) is 4.39 Å². The average molecular weight is 299 g/mol. The van der Waals surface area contributed by atoms with Crippen molar-refractivity contribution in [2.75, 3.05) is 13.1 Å². The van der Waals surface area contributed by atoms with Crippen LogP contribution in [0.25, 0.3) is 0 Å². The third kappa shape index (κ3) is 4.67. The van der Waals surface area contributed by atoms with Gasteiger partial charge in [0.05, 0.1) is 0 Å². The number of nitrogens with zero attached hydrogens (tertiary/aromatic N) is 1. The first-order chi connectivity index (χ1) is 10.5. The van der Waals surface area contributed by atoms with E-state index < -0.39 is 0 Å². The summed E-state index contributed by atoms with van der Waals surface area (Å²) in [5, 5.41) is 0. The molecule has 2 aromatic carbocycles. The summed E-state index contributed by atoms with van der Waals surface area (Å²) in [4.78, 5) is 2.46. The Kier molecular flexibility index (Phi) is 5.73. The predicted octanol–water partition coefficient (Wildman–Crippen LogP) is 5.02. The van der Waals surface area contributed by atoms with Crippen LogP contribution in [0.3, 0.4) is 0 Å². The second-order valence-electron chi connectivity index (χ2n) is 6.50. The highest BCUT2D eigenvalue weighted by atomic mass is 19.1. The van der Waals surface area contributed by atoms with Crippen molar-refractivity contribution in [2.24, 2.45) is 0 Å². The van der Waals surface area contributed by atoms with Crippen molar-refractivity contribution < 1.29 is 4.39 Å². The van der Waals surface area contributed by atoms with Crippen LogP contribution in [0.2, 0.25) is 0 Å². The number of hydrogen-bond donors (Lipinski definition) is 0. The lowest BCUT2D eigenvalue weighted by molar-refractivity contribution is 0.251. The summed E-state index contributed by atoms with van der Waals surface area (Å²) in [5.41, 5.74) is 2.60. The van der Waals surface area contributed by atoms with Gasteiger partial charge in [-0.15, -0.1) is 0 Å². The molecule has 0 aliphatic heterocycles. The van der Waals surface area contributed by atoms with Gasteiger partial charge < -0.3 is 0 Å². The molecule has 0 atom stereocenters. The molecule has 0 heterocycles. The molecule has 2 rings (SSSR count). The summed E-state index contributed by atoms with van der Waals surface area (Å²) < 4.78 is 13.1. The van der Waals surface area contributed by atoms with Gasteiger partial charge in [-0.2, -0.15) is 0 Å². The molecule has 0 bridgehead atoms. The summed E-state index contributed by atoms with van der Waals surface area (Å²) in [6, 6.07) is 17.5. The molecule has 0 aliphatic carbocycles. The van der Waals surface area contributed by atoms with Crippen LogP contribution in [0.4, 0.5) is 4.39 Å². The van der Waals surface area contributed by atoms with E-state index in [1.165, 1.54) is 11.1 Å². The van der Waals surface area contributed by atoms with Crippen LogP contribution >= 0.6 is 0 Å². The van der Waals surface area contributed by atoms with Crippen LogP contribution in [0.1, 0.15) is 38.3 Å². The molecule has 22 heavy (non-hydrogen) atoms. The van der Waals surface area contributed by atoms with Crippen LogP contribution in [0.15, 0.2) is 54.6 Å². The smallest absolute Gasteiger partial charge is 0.123 e. The lowest BCUT2D eigenvalue weighted by atomic mass is 9.81. The van der Waals surface area contributed by atoms with Crippen LogP contribution in [-0.2, 0) is 12.0 Å². The zero-order valence-electron chi connectivity index (χ0n) is 13.8. The van der Waals surface area contributed by atoms with Gasteiger partial charge in [-0.1, -0.05) is 63.2 Å². The molecule has 0 saturated heterocycles. The summed E-state index contributed by atoms with van der Waals surface area (Å²) >= 11 is 0. The lowest BCUT2D eigenvalue weighted by Crippen LogP contribution is -2.29. The topological polar surface area (TPSA) is 3.24 Å². The third-order valence-electron chi connectivity index (χ3n) is 4.37. The Bertz CT molecular complexity index is 560. The fourth-order valence-corrected chi connectivity index (χ4v) is 2.67. The monoisotopic (exact) mass is 299 g/mol. The maximum absolute atomic E-state index is 13.1. The van der Waals surface area contributed by atoms with E-state index in [0.29, 0.717) is 0 Å². The first-order valence-electron chi connectivity index (χ1n) is 8.03. The van der Waals surface area contributed by atoms with Crippen molar-refractivity contribution in [3.63, 3.8) is 0 Å². The molecule has 118 valence electrons. The number of hydrogen-bond acceptors (Lipinski definition) is 1. The van der Waals surface area contributed by atoms with Gasteiger partial charge in [0.1, 0.15) is 5.82 Å². The van der Waals surface area contributed by atoms with Gasteiger partial charge in [-0.25, -0.2) is 4.39 Å². The predicted molar refractivity (Wildman–Crippen MR) is 91.4 cm³/mol. The third-order valence-corrected chi connectivity index (χ3v) is 4.37. The van der Waals surface area contributed by atoms with Crippen molar-refractivity contribution >= 4 is 0 Å². The molecule has 2 aromatic rings. The molecule has 0 amide bonds. The quantitative estimate of drug-likeness (QED) is 0.694. The van der Waals surface area contributed by atoms with Gasteiger partial charge >= 0.3 is 0 Å². The van der Waals surface area contributed by atoms with Gasteiger partial charge in [-0.3, -0.25) is 4.90 Å². The molecule has 0 spiro atoms. The summed E-state index contributed by atoms with van der Waals surface area (Å²) in [5.74, 6) is -0.168. The minimum Gasteiger partial charge on any atom is -0.299 e. The van der Waals surface area contributed by atoms with E-state index >= 15 is 0 Å². The average Bonchev–Trinajstić information content (AvgIpc) is 2.53. The lowest BCUT2D eigenvalue weighted by Gasteiger charge is -2.29. The van der Waals surface area contributed by atoms with Gasteiger partial charge in [0.25, 0.3) is 0 Å². The molecular weight excluding hydrogens is 273 g/mol. The van der Waals surface area contributed by atoms with Crippen molar-refractivity contribution in [2.45, 2.75) is 39.2 Å². The van der Waals surface area contributed by atoms with Gasteiger partial charge in [-0.05, 0) is 48.2 Å². The van der Waals surface area contributed by atoms with E-state index in [1.807, 2.05) is 12.1 Å². The highest BCUT2D eigenvalue weighted by Crippen LogP contribution is 2.27. The minimum atomic E-state index is -0.168. The molecule has 2 heteroatoms. The van der Waals surface area contributed by atoms with Gasteiger partial charge in [0.2, 0.25) is 0 Å². The van der Waals surface area contributed by atoms with Crippen molar-refractivity contribution in [3.8, 4) is 0 Å². The second-order valence-corrected chi connectivity index (χ2v) is 6.50. The van der Waals surface area contributed by atoms with Crippen LogP contribution in [-0.4, -0.2) is 18.0 Å². The van der Waals surface area contributed by atoms with E-state index in [0.717, 1.165) is 26.1 Å². The fourth-order valence-electron chi connectivity index (χ4n) is 2.67. The Morgan fingerprint density at radius 3 is 2.18 bits per heavy atom. The SMILES string of the molecule is CCN(CCC(C)(C)c1ccc(F)cc1)Cc1ccccc1. The van der Waals surface area contributed by atoms with Crippen molar-refractivity contribution in [3.05, 3.63) is 71.5 Å². The van der Waals surface area contributed by atoms with Gasteiger partial charge in [0.15, 0.2) is 0 Å². The minimum absolute atomic E-state index is 0.0534. The summed E-state index contributed by atoms with van der Waals surface area (Å²) in [6.45, 7) is 9.72. The Labute approximate surface area is 133 Å². The van der Waals surface area contributed by atoms with Crippen molar-refractivity contribution in [1.29, 1.82) is 0 Å². The largest absolute Gasteiger partial charge is 0.299 e. The Hall–Kier alpha value is -1.67. The molecular formula is C20H26FN. The number of halogens is 1. The van der Waals surface area contributed by atoms with E-state index in [-0.39, 0.29) is 11.2 Å². The molecule has 0 unspecified atom stereocenters. The molecule has 0 saturated carbocycles. The molecule has 0 radical (unpaired) electrons. The molecule has 0 aromatic heterocycles. The second kappa shape index (κ2) is 7.55. The standard InChI is InChI=1S/C20H26FN/c1-4-22(16-17-8-6-5-7-9-17)15-14-20(2,3)18-10-12-19(21)13-11-18/h5-13H,4,14-16H2,1-3H3. The zero-order chi connectivity index (χ0) is 16.0. The highest BCUT2D eigenvalue weighted by molar-refractivity contribution is 5.24. The maximum atomic E-state index is 13.1. The van der Waals surface area contributed by atoms with E-state index in [2.05, 4.69) is 56.0 Å². The Balaban J connectivity index is 1.95. The van der Waals surface area contributed by atoms with Crippen LogP contribution in [0.5, 0.6) is 0 Å². The van der Waals surface area contributed by atoms with Crippen LogP contribution < -0.4 is 0 Å². The number of rotatable bonds is 7.